The molecule has 0 bridgehead atoms. The summed E-state index contributed by atoms with van der Waals surface area (Å²) in [5.74, 6) is -0.918. The van der Waals surface area contributed by atoms with Gasteiger partial charge in [-0.05, 0) is 61.4 Å². The number of aromatic nitrogens is 2. The first-order valence-electron chi connectivity index (χ1n) is 8.57. The second-order valence-corrected chi connectivity index (χ2v) is 6.07. The lowest BCUT2D eigenvalue weighted by Crippen LogP contribution is -2.24. The van der Waals surface area contributed by atoms with Crippen molar-refractivity contribution in [2.24, 2.45) is 0 Å². The molecular weight excluding hydrogens is 364 g/mol. The Labute approximate surface area is 160 Å². The van der Waals surface area contributed by atoms with E-state index in [1.807, 2.05) is 6.07 Å². The van der Waals surface area contributed by atoms with Gasteiger partial charge in [0.05, 0.1) is 11.4 Å². The van der Waals surface area contributed by atoms with Gasteiger partial charge in [-0.2, -0.15) is 10.4 Å². The lowest BCUT2D eigenvalue weighted by Gasteiger charge is -2.05. The highest BCUT2D eigenvalue weighted by atomic mass is 19.1. The van der Waals surface area contributed by atoms with Gasteiger partial charge in [0.15, 0.2) is 0 Å². The number of anilines is 1. The molecule has 6 nitrogen and oxygen atoms in total. The summed E-state index contributed by atoms with van der Waals surface area (Å²) in [5.41, 5.74) is 7.68. The first kappa shape index (κ1) is 19.0. The smallest absolute Gasteiger partial charge is 0.251 e. The summed E-state index contributed by atoms with van der Waals surface area (Å²) in [6, 6.07) is 12.9. The van der Waals surface area contributed by atoms with Gasteiger partial charge < -0.3 is 11.1 Å². The quantitative estimate of drug-likeness (QED) is 0.642. The summed E-state index contributed by atoms with van der Waals surface area (Å²) in [6.45, 7) is 0.352. The van der Waals surface area contributed by atoms with Crippen molar-refractivity contribution < 1.29 is 13.6 Å². The van der Waals surface area contributed by atoms with Gasteiger partial charge in [0, 0.05) is 12.1 Å². The molecule has 142 valence electrons. The Morgan fingerprint density at radius 1 is 1.11 bits per heavy atom. The fraction of sp³-hybridized carbons (Fsp3) is 0.150. The number of carbonyl (C=O) groups excluding carboxylic acids is 1. The number of aryl methyl sites for hydroxylation is 1. The van der Waals surface area contributed by atoms with Crippen LogP contribution in [-0.2, 0) is 6.42 Å². The van der Waals surface area contributed by atoms with Crippen LogP contribution in [0.5, 0.6) is 0 Å². The Morgan fingerprint density at radius 2 is 1.71 bits per heavy atom. The van der Waals surface area contributed by atoms with Crippen molar-refractivity contribution in [2.75, 3.05) is 12.3 Å². The maximum Gasteiger partial charge on any atom is 0.251 e. The number of nitriles is 1. The average Bonchev–Trinajstić information content (AvgIpc) is 3.01. The van der Waals surface area contributed by atoms with Crippen LogP contribution in [0.3, 0.4) is 0 Å². The van der Waals surface area contributed by atoms with E-state index in [0.29, 0.717) is 36.3 Å². The second kappa shape index (κ2) is 8.31. The first-order valence-corrected chi connectivity index (χ1v) is 8.57. The number of nitrogen functional groups attached to an aromatic ring is 1. The van der Waals surface area contributed by atoms with Gasteiger partial charge in [0.25, 0.3) is 5.91 Å². The molecule has 3 rings (SSSR count). The number of nitrogens with one attached hydrogen (secondary N) is 1. The maximum atomic E-state index is 13.1. The molecule has 0 unspecified atom stereocenters. The minimum Gasteiger partial charge on any atom is -0.382 e. The molecule has 0 aliphatic carbocycles. The van der Waals surface area contributed by atoms with Crippen molar-refractivity contribution in [3.63, 3.8) is 0 Å². The summed E-state index contributed by atoms with van der Waals surface area (Å²) in [7, 11) is 0. The molecule has 0 spiro atoms. The van der Waals surface area contributed by atoms with Crippen molar-refractivity contribution in [2.45, 2.75) is 12.8 Å². The van der Waals surface area contributed by atoms with E-state index in [9.17, 15) is 18.8 Å². The number of nitrogens with two attached hydrogens (primary N) is 1. The Bertz CT molecular complexity index is 1020. The van der Waals surface area contributed by atoms with Gasteiger partial charge in [0.1, 0.15) is 29.1 Å². The molecule has 2 aromatic carbocycles. The molecule has 3 N–H and O–H groups in total. The summed E-state index contributed by atoms with van der Waals surface area (Å²) in [4.78, 5) is 12.0. The van der Waals surface area contributed by atoms with E-state index in [-0.39, 0.29) is 23.1 Å². The lowest BCUT2D eigenvalue weighted by molar-refractivity contribution is 0.0953. The van der Waals surface area contributed by atoms with E-state index < -0.39 is 5.82 Å². The van der Waals surface area contributed by atoms with Gasteiger partial charge in [0.2, 0.25) is 0 Å². The normalized spacial score (nSPS) is 10.5. The van der Waals surface area contributed by atoms with Crippen LogP contribution in [-0.4, -0.2) is 22.2 Å². The Hall–Kier alpha value is -3.73. The van der Waals surface area contributed by atoms with Crippen LogP contribution in [0.2, 0.25) is 0 Å². The minimum absolute atomic E-state index is 0.180. The third-order valence-corrected chi connectivity index (χ3v) is 4.16. The molecule has 28 heavy (non-hydrogen) atoms. The van der Waals surface area contributed by atoms with E-state index in [1.165, 1.54) is 53.2 Å². The highest BCUT2D eigenvalue weighted by molar-refractivity contribution is 5.94. The minimum atomic E-state index is -0.407. The van der Waals surface area contributed by atoms with Crippen LogP contribution in [0.15, 0.2) is 48.5 Å². The number of nitrogens with zero attached hydrogens (tertiary/aromatic N) is 3. The predicted octanol–water partition coefficient (Wildman–Crippen LogP) is 2.97. The van der Waals surface area contributed by atoms with Crippen molar-refractivity contribution in [1.82, 2.24) is 15.1 Å². The Morgan fingerprint density at radius 3 is 2.32 bits per heavy atom. The van der Waals surface area contributed by atoms with E-state index >= 15 is 0 Å². The van der Waals surface area contributed by atoms with Crippen LogP contribution in [0, 0.1) is 23.0 Å². The highest BCUT2D eigenvalue weighted by Crippen LogP contribution is 2.21. The molecule has 0 radical (unpaired) electrons. The average molecular weight is 381 g/mol. The number of amides is 1. The van der Waals surface area contributed by atoms with E-state index in [2.05, 4.69) is 10.4 Å². The molecule has 0 saturated heterocycles. The van der Waals surface area contributed by atoms with Crippen molar-refractivity contribution in [1.29, 1.82) is 5.26 Å². The van der Waals surface area contributed by atoms with Crippen LogP contribution in [0.1, 0.15) is 28.0 Å². The van der Waals surface area contributed by atoms with Gasteiger partial charge in [-0.15, -0.1) is 0 Å². The van der Waals surface area contributed by atoms with Gasteiger partial charge in [-0.3, -0.25) is 4.79 Å². The SMILES string of the molecule is N#Cc1c(CCCNC(=O)c2ccc(F)cc2)nn(-c2ccc(F)cc2)c1N. The van der Waals surface area contributed by atoms with Crippen molar-refractivity contribution in [3.8, 4) is 11.8 Å². The summed E-state index contributed by atoms with van der Waals surface area (Å²) in [5, 5.41) is 16.5. The number of halogens is 2. The third-order valence-electron chi connectivity index (χ3n) is 4.16. The second-order valence-electron chi connectivity index (χ2n) is 6.07. The number of rotatable bonds is 6. The lowest BCUT2D eigenvalue weighted by atomic mass is 10.1. The monoisotopic (exact) mass is 381 g/mol. The van der Waals surface area contributed by atoms with Crippen LogP contribution >= 0.6 is 0 Å². The number of carbonyl (C=O) groups is 1. The summed E-state index contributed by atoms with van der Waals surface area (Å²) >= 11 is 0. The topological polar surface area (TPSA) is 96.7 Å². The Kier molecular flexibility index (Phi) is 5.65. The zero-order valence-corrected chi connectivity index (χ0v) is 14.8. The predicted molar refractivity (Wildman–Crippen MR) is 99.7 cm³/mol. The summed E-state index contributed by atoms with van der Waals surface area (Å²) < 4.78 is 27.4. The standard InChI is InChI=1S/C20H17F2N5O/c21-14-5-3-13(4-6-14)20(28)25-11-1-2-18-17(12-23)19(24)27(26-18)16-9-7-15(22)8-10-16/h3-10H,1-2,11,24H2,(H,25,28). The molecule has 0 fully saturated rings. The fourth-order valence-electron chi connectivity index (χ4n) is 2.72. The van der Waals surface area contributed by atoms with Gasteiger partial charge in [-0.25, -0.2) is 13.5 Å². The molecule has 0 saturated carbocycles. The molecule has 1 amide bonds. The van der Waals surface area contributed by atoms with Gasteiger partial charge >= 0.3 is 0 Å². The Balaban J connectivity index is 1.63. The van der Waals surface area contributed by atoms with Crippen molar-refractivity contribution in [3.05, 3.63) is 77.0 Å². The van der Waals surface area contributed by atoms with Crippen LogP contribution in [0.4, 0.5) is 14.6 Å². The van der Waals surface area contributed by atoms with E-state index in [0.717, 1.165) is 0 Å². The zero-order valence-electron chi connectivity index (χ0n) is 14.8. The molecule has 8 heteroatoms. The number of benzene rings is 2. The molecule has 3 aromatic rings. The van der Waals surface area contributed by atoms with Crippen LogP contribution in [0.25, 0.3) is 5.69 Å². The third kappa shape index (κ3) is 4.15. The van der Waals surface area contributed by atoms with Crippen LogP contribution < -0.4 is 11.1 Å². The van der Waals surface area contributed by atoms with Crippen molar-refractivity contribution >= 4 is 11.7 Å². The number of hydrogen-bond donors (Lipinski definition) is 2. The van der Waals surface area contributed by atoms with E-state index in [4.69, 9.17) is 5.73 Å². The summed E-state index contributed by atoms with van der Waals surface area (Å²) in [6.07, 6.45) is 0.951. The molecule has 1 aromatic heterocycles. The fourth-order valence-corrected chi connectivity index (χ4v) is 2.72. The molecule has 0 aliphatic rings. The zero-order chi connectivity index (χ0) is 20.1. The largest absolute Gasteiger partial charge is 0.382 e. The first-order chi connectivity index (χ1) is 13.5. The molecular formula is C20H17F2N5O. The molecule has 1 heterocycles. The van der Waals surface area contributed by atoms with E-state index in [1.54, 1.807) is 0 Å². The highest BCUT2D eigenvalue weighted by Gasteiger charge is 2.16. The molecule has 0 atom stereocenters. The maximum absolute atomic E-state index is 13.1. The van der Waals surface area contributed by atoms with Gasteiger partial charge in [-0.1, -0.05) is 0 Å². The molecule has 0 aliphatic heterocycles. The number of hydrogen-bond acceptors (Lipinski definition) is 4.